The van der Waals surface area contributed by atoms with Gasteiger partial charge in [-0.2, -0.15) is 5.10 Å². The summed E-state index contributed by atoms with van der Waals surface area (Å²) in [7, 11) is 2.90. The van der Waals surface area contributed by atoms with Gasteiger partial charge in [0.1, 0.15) is 0 Å². The highest BCUT2D eigenvalue weighted by atomic mass is 19.2. The van der Waals surface area contributed by atoms with Gasteiger partial charge in [0.15, 0.2) is 17.3 Å². The van der Waals surface area contributed by atoms with E-state index in [1.165, 1.54) is 22.8 Å². The third-order valence-corrected chi connectivity index (χ3v) is 4.78. The molecule has 1 aromatic carbocycles. The molecule has 8 heteroatoms. The maximum Gasteiger partial charge on any atom is 0.310 e. The number of hydrogen-bond acceptors (Lipinski definition) is 4. The van der Waals surface area contributed by atoms with Gasteiger partial charge in [-0.15, -0.1) is 0 Å². The summed E-state index contributed by atoms with van der Waals surface area (Å²) in [5, 5.41) is 4.39. The maximum atomic E-state index is 13.6. The van der Waals surface area contributed by atoms with Crippen molar-refractivity contribution >= 4 is 11.9 Å². The standard InChI is InChI=1S/C19H21F2N3O3/c1-11(19(26)27-3)10-23(2)18(25)17-13-5-4-6-16(13)24(22-17)12-7-8-14(20)15(21)9-12/h7-9,11H,4-6,10H2,1-3H3. The maximum absolute atomic E-state index is 13.6. The summed E-state index contributed by atoms with van der Waals surface area (Å²) in [6.07, 6.45) is 2.26. The zero-order valence-electron chi connectivity index (χ0n) is 15.5. The van der Waals surface area contributed by atoms with Crippen molar-refractivity contribution in [1.29, 1.82) is 0 Å². The third-order valence-electron chi connectivity index (χ3n) is 4.78. The van der Waals surface area contributed by atoms with Gasteiger partial charge in [-0.05, 0) is 31.4 Å². The molecular weight excluding hydrogens is 356 g/mol. The number of benzene rings is 1. The second kappa shape index (κ2) is 7.46. The Morgan fingerprint density at radius 2 is 2.04 bits per heavy atom. The molecule has 0 saturated carbocycles. The molecule has 27 heavy (non-hydrogen) atoms. The molecule has 1 unspecified atom stereocenters. The molecule has 1 aliphatic carbocycles. The smallest absolute Gasteiger partial charge is 0.310 e. The molecule has 144 valence electrons. The highest BCUT2D eigenvalue weighted by Gasteiger charge is 2.30. The van der Waals surface area contributed by atoms with Crippen molar-refractivity contribution in [2.45, 2.75) is 26.2 Å². The molecule has 2 aromatic rings. The minimum absolute atomic E-state index is 0.193. The van der Waals surface area contributed by atoms with Gasteiger partial charge in [-0.1, -0.05) is 6.92 Å². The van der Waals surface area contributed by atoms with E-state index in [2.05, 4.69) is 5.10 Å². The van der Waals surface area contributed by atoms with E-state index in [-0.39, 0.29) is 18.1 Å². The van der Waals surface area contributed by atoms with Gasteiger partial charge in [0.2, 0.25) is 0 Å². The SMILES string of the molecule is COC(=O)C(C)CN(C)C(=O)c1nn(-c2ccc(F)c(F)c2)c2c1CCC2. The summed E-state index contributed by atoms with van der Waals surface area (Å²) in [5.74, 6) is -3.08. The Morgan fingerprint density at radius 1 is 1.30 bits per heavy atom. The Morgan fingerprint density at radius 3 is 2.70 bits per heavy atom. The predicted molar refractivity (Wildman–Crippen MR) is 93.6 cm³/mol. The molecule has 1 heterocycles. The Kier molecular flexibility index (Phi) is 5.25. The quantitative estimate of drug-likeness (QED) is 0.751. The Balaban J connectivity index is 1.92. The lowest BCUT2D eigenvalue weighted by Gasteiger charge is -2.19. The number of nitrogens with zero attached hydrogens (tertiary/aromatic N) is 3. The highest BCUT2D eigenvalue weighted by Crippen LogP contribution is 2.29. The predicted octanol–water partition coefficient (Wildman–Crippen LogP) is 2.52. The van der Waals surface area contributed by atoms with Crippen molar-refractivity contribution in [2.24, 2.45) is 5.92 Å². The number of fused-ring (bicyclic) bond motifs is 1. The first-order valence-corrected chi connectivity index (χ1v) is 8.73. The van der Waals surface area contributed by atoms with E-state index >= 15 is 0 Å². The minimum atomic E-state index is -0.966. The van der Waals surface area contributed by atoms with E-state index in [1.54, 1.807) is 14.0 Å². The molecule has 0 bridgehead atoms. The van der Waals surface area contributed by atoms with Crippen LogP contribution in [0.4, 0.5) is 8.78 Å². The van der Waals surface area contributed by atoms with Crippen LogP contribution in [0.15, 0.2) is 18.2 Å². The van der Waals surface area contributed by atoms with Gasteiger partial charge < -0.3 is 9.64 Å². The summed E-state index contributed by atoms with van der Waals surface area (Å²) in [6, 6.07) is 3.54. The lowest BCUT2D eigenvalue weighted by Crippen LogP contribution is -2.34. The number of methoxy groups -OCH3 is 1. The van der Waals surface area contributed by atoms with E-state index in [0.717, 1.165) is 29.8 Å². The number of amides is 1. The number of halogens is 2. The molecule has 0 radical (unpaired) electrons. The van der Waals surface area contributed by atoms with Gasteiger partial charge in [-0.3, -0.25) is 9.59 Å². The van der Waals surface area contributed by atoms with Gasteiger partial charge in [0.05, 0.1) is 18.7 Å². The van der Waals surface area contributed by atoms with Crippen LogP contribution in [0.3, 0.4) is 0 Å². The van der Waals surface area contributed by atoms with Gasteiger partial charge in [0.25, 0.3) is 5.91 Å². The number of hydrogen-bond donors (Lipinski definition) is 0. The Hall–Kier alpha value is -2.77. The fourth-order valence-corrected chi connectivity index (χ4v) is 3.39. The van der Waals surface area contributed by atoms with Crippen LogP contribution in [0.5, 0.6) is 0 Å². The third kappa shape index (κ3) is 3.56. The first-order valence-electron chi connectivity index (χ1n) is 8.73. The summed E-state index contributed by atoms with van der Waals surface area (Å²) in [6.45, 7) is 1.87. The van der Waals surface area contributed by atoms with Crippen LogP contribution in [-0.4, -0.2) is 47.3 Å². The molecule has 1 aromatic heterocycles. The molecule has 0 spiro atoms. The molecule has 0 saturated heterocycles. The fraction of sp³-hybridized carbons (Fsp3) is 0.421. The van der Waals surface area contributed by atoms with Crippen LogP contribution in [0, 0.1) is 17.6 Å². The number of ether oxygens (including phenoxy) is 1. The monoisotopic (exact) mass is 377 g/mol. The number of esters is 1. The summed E-state index contributed by atoms with van der Waals surface area (Å²) < 4.78 is 33.1. The van der Waals surface area contributed by atoms with E-state index in [0.29, 0.717) is 18.5 Å². The zero-order valence-corrected chi connectivity index (χ0v) is 15.5. The van der Waals surface area contributed by atoms with Gasteiger partial charge in [-0.25, -0.2) is 13.5 Å². The normalized spacial score (nSPS) is 14.0. The van der Waals surface area contributed by atoms with Crippen molar-refractivity contribution in [3.8, 4) is 5.69 Å². The van der Waals surface area contributed by atoms with Gasteiger partial charge >= 0.3 is 5.97 Å². The summed E-state index contributed by atoms with van der Waals surface area (Å²) >= 11 is 0. The van der Waals surface area contributed by atoms with Crippen molar-refractivity contribution < 1.29 is 23.1 Å². The topological polar surface area (TPSA) is 64.4 Å². The second-order valence-electron chi connectivity index (χ2n) is 6.75. The van der Waals surface area contributed by atoms with Crippen LogP contribution in [-0.2, 0) is 22.4 Å². The average molecular weight is 377 g/mol. The number of carbonyl (C=O) groups is 2. The molecule has 1 amide bonds. The Bertz CT molecular complexity index is 895. The van der Waals surface area contributed by atoms with E-state index in [1.807, 2.05) is 0 Å². The summed E-state index contributed by atoms with van der Waals surface area (Å²) in [5.41, 5.74) is 2.31. The zero-order chi connectivity index (χ0) is 19.7. The summed E-state index contributed by atoms with van der Waals surface area (Å²) in [4.78, 5) is 25.9. The van der Waals surface area contributed by atoms with Crippen molar-refractivity contribution in [1.82, 2.24) is 14.7 Å². The Labute approximate surface area is 155 Å². The van der Waals surface area contributed by atoms with Crippen molar-refractivity contribution in [3.05, 3.63) is 46.8 Å². The lowest BCUT2D eigenvalue weighted by atomic mass is 10.1. The van der Waals surface area contributed by atoms with Crippen LogP contribution < -0.4 is 0 Å². The van der Waals surface area contributed by atoms with E-state index in [4.69, 9.17) is 4.74 Å². The van der Waals surface area contributed by atoms with Crippen molar-refractivity contribution in [2.75, 3.05) is 20.7 Å². The largest absolute Gasteiger partial charge is 0.469 e. The van der Waals surface area contributed by atoms with Crippen LogP contribution in [0.1, 0.15) is 35.1 Å². The highest BCUT2D eigenvalue weighted by molar-refractivity contribution is 5.94. The van der Waals surface area contributed by atoms with E-state index < -0.39 is 23.5 Å². The first kappa shape index (κ1) is 19.0. The van der Waals surface area contributed by atoms with Crippen LogP contribution >= 0.6 is 0 Å². The van der Waals surface area contributed by atoms with Crippen LogP contribution in [0.2, 0.25) is 0 Å². The molecule has 0 aliphatic heterocycles. The first-order chi connectivity index (χ1) is 12.8. The van der Waals surface area contributed by atoms with E-state index in [9.17, 15) is 18.4 Å². The molecule has 3 rings (SSSR count). The number of aromatic nitrogens is 2. The molecule has 1 aliphatic rings. The van der Waals surface area contributed by atoms with Crippen LogP contribution in [0.25, 0.3) is 5.69 Å². The molecule has 0 fully saturated rings. The number of rotatable bonds is 5. The molecule has 0 N–H and O–H groups in total. The number of carbonyl (C=O) groups excluding carboxylic acids is 2. The minimum Gasteiger partial charge on any atom is -0.469 e. The molecule has 6 nitrogen and oxygen atoms in total. The molecule has 1 atom stereocenters. The fourth-order valence-electron chi connectivity index (χ4n) is 3.39. The lowest BCUT2D eigenvalue weighted by molar-refractivity contribution is -0.145. The van der Waals surface area contributed by atoms with Gasteiger partial charge in [0, 0.05) is 30.9 Å². The average Bonchev–Trinajstić information content (AvgIpc) is 3.25. The second-order valence-corrected chi connectivity index (χ2v) is 6.75. The molecular formula is C19H21F2N3O3. The van der Waals surface area contributed by atoms with Crippen molar-refractivity contribution in [3.63, 3.8) is 0 Å².